The summed E-state index contributed by atoms with van der Waals surface area (Å²) in [6.07, 6.45) is 0.737. The molecule has 0 bridgehead atoms. The van der Waals surface area contributed by atoms with Crippen molar-refractivity contribution in [2.24, 2.45) is 5.41 Å². The van der Waals surface area contributed by atoms with Gasteiger partial charge in [0.1, 0.15) is 5.51 Å². The molecule has 9 heteroatoms. The minimum atomic E-state index is -1.39. The Labute approximate surface area is 137 Å². The molecule has 0 aromatic carbocycles. The molecule has 0 spiro atoms. The monoisotopic (exact) mass is 341 g/mol. The number of unbranched alkanes of at least 4 members (excludes halogenated alkanes) is 1. The van der Waals surface area contributed by atoms with E-state index >= 15 is 0 Å². The van der Waals surface area contributed by atoms with Crippen molar-refractivity contribution in [3.8, 4) is 0 Å². The Bertz CT molecular complexity index is 577. The Hall–Kier alpha value is -2.03. The molecule has 1 aliphatic rings. The summed E-state index contributed by atoms with van der Waals surface area (Å²) in [4.78, 5) is 36.8. The van der Waals surface area contributed by atoms with Gasteiger partial charge < -0.3 is 9.47 Å². The first-order valence-corrected chi connectivity index (χ1v) is 8.36. The lowest BCUT2D eigenvalue weighted by atomic mass is 9.80. The van der Waals surface area contributed by atoms with Crippen LogP contribution < -0.4 is 5.32 Å². The van der Waals surface area contributed by atoms with Crippen LogP contribution >= 0.6 is 11.3 Å². The van der Waals surface area contributed by atoms with Crippen LogP contribution in [0.3, 0.4) is 0 Å². The molecule has 2 atom stereocenters. The molecule has 2 heterocycles. The lowest BCUT2D eigenvalue weighted by Gasteiger charge is -2.21. The van der Waals surface area contributed by atoms with Crippen LogP contribution in [0.1, 0.15) is 39.5 Å². The Morgan fingerprint density at radius 2 is 2.30 bits per heavy atom. The Morgan fingerprint density at radius 1 is 1.52 bits per heavy atom. The number of nitrogens with zero attached hydrogens (tertiary/aromatic N) is 2. The van der Waals surface area contributed by atoms with Crippen LogP contribution in [0, 0.1) is 5.41 Å². The summed E-state index contributed by atoms with van der Waals surface area (Å²) in [5.74, 6) is -1.83. The minimum Gasteiger partial charge on any atom is -0.465 e. The second-order valence-electron chi connectivity index (χ2n) is 5.24. The quantitative estimate of drug-likeness (QED) is 0.592. The zero-order valence-corrected chi connectivity index (χ0v) is 13.9. The predicted octanol–water partition coefficient (Wildman–Crippen LogP) is 1.53. The van der Waals surface area contributed by atoms with Gasteiger partial charge in [-0.05, 0) is 13.3 Å². The van der Waals surface area contributed by atoms with E-state index in [9.17, 15) is 14.4 Å². The molecule has 0 unspecified atom stereocenters. The highest BCUT2D eigenvalue weighted by Gasteiger charge is 2.57. The van der Waals surface area contributed by atoms with E-state index in [1.807, 2.05) is 6.92 Å². The second kappa shape index (κ2) is 7.49. The summed E-state index contributed by atoms with van der Waals surface area (Å²) in [5, 5.41) is 10.2. The van der Waals surface area contributed by atoms with Gasteiger partial charge in [0, 0.05) is 6.42 Å². The fourth-order valence-corrected chi connectivity index (χ4v) is 2.91. The molecule has 1 aromatic rings. The van der Waals surface area contributed by atoms with E-state index < -0.39 is 29.4 Å². The van der Waals surface area contributed by atoms with Crippen molar-refractivity contribution in [1.82, 2.24) is 10.2 Å². The van der Waals surface area contributed by atoms with Crippen LogP contribution in [0.4, 0.5) is 5.13 Å². The molecule has 1 aromatic heterocycles. The molecule has 0 radical (unpaired) electrons. The van der Waals surface area contributed by atoms with Gasteiger partial charge in [-0.1, -0.05) is 31.1 Å². The van der Waals surface area contributed by atoms with Crippen molar-refractivity contribution in [2.75, 3.05) is 11.9 Å². The predicted molar refractivity (Wildman–Crippen MR) is 81.6 cm³/mol. The number of carbonyl (C=O) groups excluding carboxylic acids is 3. The smallest absolute Gasteiger partial charge is 0.324 e. The van der Waals surface area contributed by atoms with Crippen LogP contribution in [0.2, 0.25) is 0 Å². The fourth-order valence-electron chi connectivity index (χ4n) is 2.46. The van der Waals surface area contributed by atoms with Gasteiger partial charge >= 0.3 is 11.9 Å². The second-order valence-corrected chi connectivity index (χ2v) is 6.07. The lowest BCUT2D eigenvalue weighted by molar-refractivity contribution is -0.166. The molecule has 1 aliphatic heterocycles. The molecule has 126 valence electrons. The third kappa shape index (κ3) is 3.66. The van der Waals surface area contributed by atoms with Gasteiger partial charge in [-0.3, -0.25) is 19.7 Å². The zero-order chi connectivity index (χ0) is 16.9. The number of hydrogen-bond acceptors (Lipinski definition) is 8. The maximum atomic E-state index is 12.3. The lowest BCUT2D eigenvalue weighted by Crippen LogP contribution is -2.38. The molecular weight excluding hydrogens is 322 g/mol. The number of amides is 1. The van der Waals surface area contributed by atoms with Crippen LogP contribution in [0.5, 0.6) is 0 Å². The highest BCUT2D eigenvalue weighted by atomic mass is 32.1. The standard InChI is InChI=1S/C14H19N3O5S/c1-3-5-6-14(11(19)21-4-2)7-9(22-12(14)20)10(18)16-13-17-15-8-23-13/h8-9H,3-7H2,1-2H3,(H,16,17,18)/t9-,14+/m0/s1. The number of nitrogens with one attached hydrogen (secondary N) is 1. The van der Waals surface area contributed by atoms with Gasteiger partial charge in [0.25, 0.3) is 5.91 Å². The van der Waals surface area contributed by atoms with E-state index in [1.54, 1.807) is 6.92 Å². The van der Waals surface area contributed by atoms with Crippen LogP contribution in [0.25, 0.3) is 0 Å². The fraction of sp³-hybridized carbons (Fsp3) is 0.643. The van der Waals surface area contributed by atoms with E-state index in [4.69, 9.17) is 9.47 Å². The molecule has 2 rings (SSSR count). The van der Waals surface area contributed by atoms with Gasteiger partial charge in [-0.2, -0.15) is 0 Å². The zero-order valence-electron chi connectivity index (χ0n) is 13.0. The highest BCUT2D eigenvalue weighted by Crippen LogP contribution is 2.40. The Kier molecular flexibility index (Phi) is 5.64. The number of carbonyl (C=O) groups is 3. The molecule has 0 aliphatic carbocycles. The molecule has 0 saturated carbocycles. The summed E-state index contributed by atoms with van der Waals surface area (Å²) in [6.45, 7) is 3.80. The van der Waals surface area contributed by atoms with Gasteiger partial charge in [0.15, 0.2) is 11.5 Å². The molecular formula is C14H19N3O5S. The number of esters is 2. The summed E-state index contributed by atoms with van der Waals surface area (Å²) >= 11 is 1.15. The van der Waals surface area contributed by atoms with Gasteiger partial charge in [0.05, 0.1) is 6.61 Å². The van der Waals surface area contributed by atoms with E-state index in [1.165, 1.54) is 5.51 Å². The number of rotatable bonds is 7. The third-order valence-corrected chi connectivity index (χ3v) is 4.29. The summed E-state index contributed by atoms with van der Waals surface area (Å²) < 4.78 is 10.2. The molecule has 23 heavy (non-hydrogen) atoms. The van der Waals surface area contributed by atoms with E-state index in [0.717, 1.165) is 17.8 Å². The number of anilines is 1. The highest BCUT2D eigenvalue weighted by molar-refractivity contribution is 7.13. The molecule has 1 N–H and O–H groups in total. The van der Waals surface area contributed by atoms with Crippen molar-refractivity contribution in [2.45, 2.75) is 45.6 Å². The third-order valence-electron chi connectivity index (χ3n) is 3.68. The maximum Gasteiger partial charge on any atom is 0.324 e. The number of hydrogen-bond donors (Lipinski definition) is 1. The summed E-state index contributed by atoms with van der Waals surface area (Å²) in [6, 6.07) is 0. The van der Waals surface area contributed by atoms with Crippen LogP contribution in [-0.4, -0.2) is 40.8 Å². The average Bonchev–Trinajstić information content (AvgIpc) is 3.14. The Morgan fingerprint density at radius 3 is 2.91 bits per heavy atom. The maximum absolute atomic E-state index is 12.3. The first-order chi connectivity index (χ1) is 11.0. The largest absolute Gasteiger partial charge is 0.465 e. The topological polar surface area (TPSA) is 107 Å². The van der Waals surface area contributed by atoms with E-state index in [0.29, 0.717) is 18.0 Å². The number of aromatic nitrogens is 2. The van der Waals surface area contributed by atoms with Crippen LogP contribution in [-0.2, 0) is 23.9 Å². The molecule has 1 saturated heterocycles. The molecule has 1 amide bonds. The normalized spacial score (nSPS) is 23.4. The van der Waals surface area contributed by atoms with Crippen molar-refractivity contribution in [1.29, 1.82) is 0 Å². The van der Waals surface area contributed by atoms with Crippen LogP contribution in [0.15, 0.2) is 5.51 Å². The molecule has 1 fully saturated rings. The van der Waals surface area contributed by atoms with Gasteiger partial charge in [-0.15, -0.1) is 10.2 Å². The van der Waals surface area contributed by atoms with Gasteiger partial charge in [0.2, 0.25) is 5.13 Å². The first-order valence-electron chi connectivity index (χ1n) is 7.48. The van der Waals surface area contributed by atoms with Crippen molar-refractivity contribution in [3.05, 3.63) is 5.51 Å². The van der Waals surface area contributed by atoms with E-state index in [2.05, 4.69) is 15.5 Å². The Balaban J connectivity index is 2.13. The number of cyclic esters (lactones) is 1. The van der Waals surface area contributed by atoms with Crippen molar-refractivity contribution >= 4 is 34.3 Å². The number of ether oxygens (including phenoxy) is 2. The van der Waals surface area contributed by atoms with Crippen molar-refractivity contribution in [3.63, 3.8) is 0 Å². The van der Waals surface area contributed by atoms with Crippen molar-refractivity contribution < 1.29 is 23.9 Å². The molecule has 8 nitrogen and oxygen atoms in total. The summed E-state index contributed by atoms with van der Waals surface area (Å²) in [7, 11) is 0. The first kappa shape index (κ1) is 17.3. The average molecular weight is 341 g/mol. The van der Waals surface area contributed by atoms with Gasteiger partial charge in [-0.25, -0.2) is 0 Å². The summed E-state index contributed by atoms with van der Waals surface area (Å²) in [5.41, 5.74) is 0.0790. The minimum absolute atomic E-state index is 0.0185. The SMILES string of the molecule is CCCC[C@]1(C(=O)OCC)C[C@@H](C(=O)Nc2nncs2)OC1=O. The van der Waals surface area contributed by atoms with E-state index in [-0.39, 0.29) is 13.0 Å².